The highest BCUT2D eigenvalue weighted by molar-refractivity contribution is 5.86. The van der Waals surface area contributed by atoms with Crippen molar-refractivity contribution in [1.82, 2.24) is 25.5 Å². The van der Waals surface area contributed by atoms with Crippen molar-refractivity contribution in [2.75, 3.05) is 38.3 Å². The van der Waals surface area contributed by atoms with Crippen LogP contribution >= 0.6 is 0 Å². The topological polar surface area (TPSA) is 85.2 Å². The van der Waals surface area contributed by atoms with Gasteiger partial charge in [0.2, 0.25) is 11.9 Å². The number of hydrogen-bond acceptors (Lipinski definition) is 6. The van der Waals surface area contributed by atoms with E-state index in [0.717, 1.165) is 64.3 Å². The smallest absolute Gasteiger partial charge is 0.245 e. The molecule has 3 fully saturated rings. The van der Waals surface area contributed by atoms with Crippen LogP contribution in [0.1, 0.15) is 38.1 Å². The van der Waals surface area contributed by atoms with Gasteiger partial charge in [-0.3, -0.25) is 4.79 Å². The summed E-state index contributed by atoms with van der Waals surface area (Å²) in [6, 6.07) is 0.385. The number of rotatable bonds is 5. The van der Waals surface area contributed by atoms with Gasteiger partial charge in [0.1, 0.15) is 0 Å². The highest BCUT2D eigenvalue weighted by Gasteiger charge is 2.48. The third kappa shape index (κ3) is 2.49. The summed E-state index contributed by atoms with van der Waals surface area (Å²) in [7, 11) is 1.75. The number of anilines is 1. The highest BCUT2D eigenvalue weighted by Crippen LogP contribution is 2.43. The van der Waals surface area contributed by atoms with E-state index in [9.17, 15) is 4.79 Å². The number of nitrogens with zero attached hydrogens (tertiary/aromatic N) is 5. The molecule has 1 aliphatic carbocycles. The lowest BCUT2D eigenvalue weighted by molar-refractivity contribution is -0.126. The number of hydrogen-bond donors (Lipinski definition) is 1. The van der Waals surface area contributed by atoms with Gasteiger partial charge in [0.25, 0.3) is 0 Å². The Morgan fingerprint density at radius 2 is 2.26 bits per heavy atom. The predicted molar refractivity (Wildman–Crippen MR) is 83.0 cm³/mol. The van der Waals surface area contributed by atoms with E-state index in [1.165, 1.54) is 0 Å². The molecule has 8 heteroatoms. The monoisotopic (exact) mass is 320 g/mol. The Morgan fingerprint density at radius 3 is 3.00 bits per heavy atom. The summed E-state index contributed by atoms with van der Waals surface area (Å²) in [5.41, 5.74) is -0.225. The molecular formula is C15H24N6O2. The van der Waals surface area contributed by atoms with Crippen LogP contribution in [0.5, 0.6) is 0 Å². The van der Waals surface area contributed by atoms with Crippen molar-refractivity contribution in [3.63, 3.8) is 0 Å². The zero-order valence-corrected chi connectivity index (χ0v) is 13.6. The number of ether oxygens (including phenoxy) is 1. The Labute approximate surface area is 135 Å². The second-order valence-corrected chi connectivity index (χ2v) is 7.15. The standard InChI is InChI=1S/C15H24N6O2/c1-23-7-2-11-8-12(9-11)21-14(17-18-19-21)20-6-4-15(10-20)3-5-16-13(15)22/h11-12H,2-10H2,1H3,(H,16,22). The minimum Gasteiger partial charge on any atom is -0.385 e. The van der Waals surface area contributed by atoms with Crippen molar-refractivity contribution < 1.29 is 9.53 Å². The van der Waals surface area contributed by atoms with Crippen molar-refractivity contribution in [3.8, 4) is 0 Å². The first-order valence-electron chi connectivity index (χ1n) is 8.52. The quantitative estimate of drug-likeness (QED) is 0.844. The maximum absolute atomic E-state index is 12.1. The van der Waals surface area contributed by atoms with Crippen molar-refractivity contribution in [1.29, 1.82) is 0 Å². The van der Waals surface area contributed by atoms with Gasteiger partial charge in [0.05, 0.1) is 11.5 Å². The number of aromatic nitrogens is 4. The van der Waals surface area contributed by atoms with Crippen LogP contribution in [0.25, 0.3) is 0 Å². The van der Waals surface area contributed by atoms with Gasteiger partial charge in [-0.2, -0.15) is 0 Å². The van der Waals surface area contributed by atoms with E-state index in [2.05, 4.69) is 25.7 Å². The largest absolute Gasteiger partial charge is 0.385 e. The number of tetrazole rings is 1. The summed E-state index contributed by atoms with van der Waals surface area (Å²) in [5, 5.41) is 15.3. The van der Waals surface area contributed by atoms with Gasteiger partial charge < -0.3 is 15.0 Å². The zero-order valence-electron chi connectivity index (χ0n) is 13.6. The minimum atomic E-state index is -0.225. The van der Waals surface area contributed by atoms with Crippen LogP contribution in [0, 0.1) is 11.3 Å². The summed E-state index contributed by atoms with van der Waals surface area (Å²) < 4.78 is 7.12. The van der Waals surface area contributed by atoms with Gasteiger partial charge in [0.15, 0.2) is 0 Å². The Hall–Kier alpha value is -1.70. The van der Waals surface area contributed by atoms with Gasteiger partial charge in [-0.1, -0.05) is 5.10 Å². The first-order chi connectivity index (χ1) is 11.2. The lowest BCUT2D eigenvalue weighted by Gasteiger charge is -2.36. The molecule has 8 nitrogen and oxygen atoms in total. The molecule has 1 unspecified atom stereocenters. The van der Waals surface area contributed by atoms with Gasteiger partial charge in [0, 0.05) is 33.4 Å². The Kier molecular flexibility index (Phi) is 3.71. The summed E-state index contributed by atoms with van der Waals surface area (Å²) in [5.74, 6) is 1.74. The summed E-state index contributed by atoms with van der Waals surface area (Å²) in [6.45, 7) is 3.21. The average Bonchev–Trinajstić information content (AvgIpc) is 3.20. The SMILES string of the molecule is COCCC1CC(n2nnnc2N2CCC3(CCNC3=O)C2)C1. The van der Waals surface area contributed by atoms with Gasteiger partial charge in [-0.15, -0.1) is 0 Å². The van der Waals surface area contributed by atoms with Crippen molar-refractivity contribution >= 4 is 11.9 Å². The fourth-order valence-electron chi connectivity index (χ4n) is 4.20. The summed E-state index contributed by atoms with van der Waals surface area (Å²) in [6.07, 6.45) is 5.15. The molecule has 1 spiro atoms. The zero-order chi connectivity index (χ0) is 15.9. The molecule has 0 bridgehead atoms. The van der Waals surface area contributed by atoms with Gasteiger partial charge in [-0.25, -0.2) is 4.68 Å². The van der Waals surface area contributed by atoms with E-state index < -0.39 is 0 Å². The van der Waals surface area contributed by atoms with Crippen LogP contribution < -0.4 is 10.2 Å². The summed E-state index contributed by atoms with van der Waals surface area (Å²) in [4.78, 5) is 14.3. The lowest BCUT2D eigenvalue weighted by Crippen LogP contribution is -2.36. The molecule has 1 N–H and O–H groups in total. The van der Waals surface area contributed by atoms with Gasteiger partial charge in [-0.05, 0) is 48.4 Å². The molecule has 1 saturated carbocycles. The third-order valence-corrected chi connectivity index (χ3v) is 5.77. The first kappa shape index (κ1) is 14.9. The van der Waals surface area contributed by atoms with Gasteiger partial charge >= 0.3 is 0 Å². The Balaban J connectivity index is 1.42. The molecule has 4 rings (SSSR count). The van der Waals surface area contributed by atoms with Crippen molar-refractivity contribution in [3.05, 3.63) is 0 Å². The third-order valence-electron chi connectivity index (χ3n) is 5.77. The maximum atomic E-state index is 12.1. The fraction of sp³-hybridized carbons (Fsp3) is 0.867. The van der Waals surface area contributed by atoms with E-state index in [1.54, 1.807) is 7.11 Å². The lowest BCUT2D eigenvalue weighted by atomic mass is 9.78. The number of carbonyl (C=O) groups excluding carboxylic acids is 1. The number of methoxy groups -OCH3 is 1. The molecule has 2 saturated heterocycles. The number of carbonyl (C=O) groups is 1. The predicted octanol–water partition coefficient (Wildman–Crippen LogP) is 0.377. The number of nitrogens with one attached hydrogen (secondary N) is 1. The van der Waals surface area contributed by atoms with E-state index in [4.69, 9.17) is 4.74 Å². The van der Waals surface area contributed by atoms with Crippen molar-refractivity contribution in [2.45, 2.75) is 38.1 Å². The van der Waals surface area contributed by atoms with E-state index in [0.29, 0.717) is 12.0 Å². The van der Waals surface area contributed by atoms with Crippen molar-refractivity contribution in [2.24, 2.45) is 11.3 Å². The second kappa shape index (κ2) is 5.74. The maximum Gasteiger partial charge on any atom is 0.245 e. The molecule has 2 aliphatic heterocycles. The molecule has 126 valence electrons. The molecular weight excluding hydrogens is 296 g/mol. The Bertz CT molecular complexity index is 584. The minimum absolute atomic E-state index is 0.197. The first-order valence-corrected chi connectivity index (χ1v) is 8.52. The molecule has 1 atom stereocenters. The van der Waals surface area contributed by atoms with Crippen LogP contribution in [-0.4, -0.2) is 59.5 Å². The van der Waals surface area contributed by atoms with Crippen LogP contribution in [0.3, 0.4) is 0 Å². The molecule has 3 heterocycles. The molecule has 0 aromatic carbocycles. The Morgan fingerprint density at radius 1 is 1.39 bits per heavy atom. The molecule has 1 amide bonds. The average molecular weight is 320 g/mol. The molecule has 3 aliphatic rings. The molecule has 1 aromatic rings. The fourth-order valence-corrected chi connectivity index (χ4v) is 4.20. The molecule has 23 heavy (non-hydrogen) atoms. The van der Waals surface area contributed by atoms with E-state index in [1.807, 2.05) is 4.68 Å². The summed E-state index contributed by atoms with van der Waals surface area (Å²) >= 11 is 0. The van der Waals surface area contributed by atoms with E-state index in [-0.39, 0.29) is 11.3 Å². The highest BCUT2D eigenvalue weighted by atomic mass is 16.5. The second-order valence-electron chi connectivity index (χ2n) is 7.15. The molecule has 1 aromatic heterocycles. The number of amides is 1. The van der Waals surface area contributed by atoms with E-state index >= 15 is 0 Å². The van der Waals surface area contributed by atoms with Crippen LogP contribution in [0.4, 0.5) is 5.95 Å². The normalized spacial score (nSPS) is 33.3. The molecule has 0 radical (unpaired) electrons. The van der Waals surface area contributed by atoms with Crippen LogP contribution in [-0.2, 0) is 9.53 Å². The van der Waals surface area contributed by atoms with Crippen LogP contribution in [0.2, 0.25) is 0 Å². The van der Waals surface area contributed by atoms with Crippen LogP contribution in [0.15, 0.2) is 0 Å².